The van der Waals surface area contributed by atoms with Gasteiger partial charge < -0.3 is 9.32 Å². The predicted molar refractivity (Wildman–Crippen MR) is 219 cm³/mol. The molecule has 0 saturated heterocycles. The van der Waals surface area contributed by atoms with Crippen molar-refractivity contribution in [2.45, 2.75) is 0 Å². The average Bonchev–Trinajstić information content (AvgIpc) is 3.74. The molecule has 2 heterocycles. The number of hydrogen-bond acceptors (Lipinski definition) is 3. The van der Waals surface area contributed by atoms with Crippen LogP contribution in [0.4, 0.5) is 17.1 Å². The third-order valence-corrected chi connectivity index (χ3v) is 11.5. The van der Waals surface area contributed by atoms with Gasteiger partial charge in [0.2, 0.25) is 0 Å². The summed E-state index contributed by atoms with van der Waals surface area (Å²) in [5, 5.41) is 12.0. The van der Waals surface area contributed by atoms with Crippen LogP contribution in [-0.2, 0) is 0 Å². The van der Waals surface area contributed by atoms with Crippen molar-refractivity contribution in [2.24, 2.45) is 0 Å². The molecule has 11 aromatic rings. The fraction of sp³-hybridized carbons (Fsp3) is 0. The second kappa shape index (κ2) is 11.0. The van der Waals surface area contributed by atoms with Crippen molar-refractivity contribution < 1.29 is 4.42 Å². The second-order valence-electron chi connectivity index (χ2n) is 13.3. The first-order chi connectivity index (χ1) is 25.3. The van der Waals surface area contributed by atoms with E-state index in [9.17, 15) is 0 Å². The highest BCUT2D eigenvalue weighted by molar-refractivity contribution is 7.26. The summed E-state index contributed by atoms with van der Waals surface area (Å²) in [6.07, 6.45) is 0. The van der Waals surface area contributed by atoms with Gasteiger partial charge in [0.25, 0.3) is 0 Å². The molecular formula is C48H29NOS. The van der Waals surface area contributed by atoms with Gasteiger partial charge >= 0.3 is 0 Å². The van der Waals surface area contributed by atoms with E-state index in [0.29, 0.717) is 0 Å². The fourth-order valence-corrected chi connectivity index (χ4v) is 9.09. The van der Waals surface area contributed by atoms with Crippen LogP contribution in [0.25, 0.3) is 85.6 Å². The maximum atomic E-state index is 6.75. The Morgan fingerprint density at radius 3 is 1.88 bits per heavy atom. The number of rotatable bonds is 4. The topological polar surface area (TPSA) is 16.4 Å². The Kier molecular flexibility index (Phi) is 6.16. The first kappa shape index (κ1) is 28.4. The van der Waals surface area contributed by atoms with Crippen molar-refractivity contribution in [3.63, 3.8) is 0 Å². The van der Waals surface area contributed by atoms with Crippen LogP contribution in [-0.4, -0.2) is 0 Å². The van der Waals surface area contributed by atoms with E-state index in [1.165, 1.54) is 63.6 Å². The monoisotopic (exact) mass is 667 g/mol. The molecule has 0 radical (unpaired) electrons. The van der Waals surface area contributed by atoms with Gasteiger partial charge in [0.05, 0.1) is 5.69 Å². The molecule has 3 heteroatoms. The van der Waals surface area contributed by atoms with Crippen LogP contribution in [0.15, 0.2) is 180 Å². The zero-order valence-electron chi connectivity index (χ0n) is 27.5. The lowest BCUT2D eigenvalue weighted by Gasteiger charge is -2.27. The Labute approximate surface area is 298 Å². The Bertz CT molecular complexity index is 3140. The van der Waals surface area contributed by atoms with E-state index < -0.39 is 0 Å². The van der Waals surface area contributed by atoms with Crippen molar-refractivity contribution in [1.29, 1.82) is 0 Å². The molecular weight excluding hydrogens is 639 g/mol. The van der Waals surface area contributed by atoms with Gasteiger partial charge in [-0.25, -0.2) is 0 Å². The minimum atomic E-state index is 0.926. The first-order valence-corrected chi connectivity index (χ1v) is 18.1. The molecule has 11 rings (SSSR count). The molecule has 0 aliphatic rings. The van der Waals surface area contributed by atoms with Crippen molar-refractivity contribution in [3.05, 3.63) is 176 Å². The summed E-state index contributed by atoms with van der Waals surface area (Å²) in [6.45, 7) is 0. The van der Waals surface area contributed by atoms with Gasteiger partial charge in [0.15, 0.2) is 0 Å². The summed E-state index contributed by atoms with van der Waals surface area (Å²) < 4.78 is 9.22. The SMILES string of the molecule is c1ccc2cc3c(cc2c1)oc1c3ccc2sc3ccc(N(c4ccc(-c5cccc6ccccc56)cc4)c4cccc5ccccc45)cc3c21. The molecule has 0 bridgehead atoms. The molecule has 51 heavy (non-hydrogen) atoms. The van der Waals surface area contributed by atoms with E-state index in [2.05, 4.69) is 181 Å². The normalized spacial score (nSPS) is 11.9. The van der Waals surface area contributed by atoms with Gasteiger partial charge in [-0.15, -0.1) is 11.3 Å². The lowest BCUT2D eigenvalue weighted by atomic mass is 9.98. The maximum absolute atomic E-state index is 6.75. The molecule has 0 spiro atoms. The third-order valence-electron chi connectivity index (χ3n) is 10.4. The molecule has 0 saturated carbocycles. The Morgan fingerprint density at radius 1 is 0.412 bits per heavy atom. The van der Waals surface area contributed by atoms with Crippen LogP contribution < -0.4 is 4.90 Å². The number of thiophene rings is 1. The number of hydrogen-bond donors (Lipinski definition) is 0. The van der Waals surface area contributed by atoms with E-state index >= 15 is 0 Å². The van der Waals surface area contributed by atoms with E-state index in [4.69, 9.17) is 4.42 Å². The number of fused-ring (bicyclic) bond motifs is 10. The van der Waals surface area contributed by atoms with Crippen LogP contribution in [0.5, 0.6) is 0 Å². The van der Waals surface area contributed by atoms with E-state index in [1.807, 2.05) is 11.3 Å². The van der Waals surface area contributed by atoms with Gasteiger partial charge in [-0.05, 0) is 98.7 Å². The van der Waals surface area contributed by atoms with E-state index in [-0.39, 0.29) is 0 Å². The molecule has 0 aliphatic carbocycles. The fourth-order valence-electron chi connectivity index (χ4n) is 8.00. The third kappa shape index (κ3) is 4.42. The molecule has 2 nitrogen and oxygen atoms in total. The smallest absolute Gasteiger partial charge is 0.144 e. The van der Waals surface area contributed by atoms with Crippen LogP contribution in [0.1, 0.15) is 0 Å². The summed E-state index contributed by atoms with van der Waals surface area (Å²) in [6, 6.07) is 63.8. The van der Waals surface area contributed by atoms with Gasteiger partial charge in [-0.2, -0.15) is 0 Å². The van der Waals surface area contributed by atoms with Crippen LogP contribution in [0.3, 0.4) is 0 Å². The van der Waals surface area contributed by atoms with Crippen molar-refractivity contribution in [1.82, 2.24) is 0 Å². The number of nitrogens with zero attached hydrogens (tertiary/aromatic N) is 1. The second-order valence-corrected chi connectivity index (χ2v) is 14.4. The summed E-state index contributed by atoms with van der Waals surface area (Å²) in [5.74, 6) is 0. The van der Waals surface area contributed by atoms with E-state index in [0.717, 1.165) is 39.0 Å². The Hall–Kier alpha value is -6.42. The molecule has 0 atom stereocenters. The molecule has 238 valence electrons. The van der Waals surface area contributed by atoms with Gasteiger partial charge in [0, 0.05) is 47.7 Å². The van der Waals surface area contributed by atoms with Crippen molar-refractivity contribution in [2.75, 3.05) is 4.90 Å². The largest absolute Gasteiger partial charge is 0.455 e. The van der Waals surface area contributed by atoms with Gasteiger partial charge in [-0.1, -0.05) is 115 Å². The highest BCUT2D eigenvalue weighted by atomic mass is 32.1. The van der Waals surface area contributed by atoms with Gasteiger partial charge in [0.1, 0.15) is 11.2 Å². The van der Waals surface area contributed by atoms with Crippen LogP contribution in [0, 0.1) is 0 Å². The summed E-state index contributed by atoms with van der Waals surface area (Å²) >= 11 is 1.83. The molecule has 0 aliphatic heterocycles. The molecule has 0 fully saturated rings. The first-order valence-electron chi connectivity index (χ1n) is 17.3. The summed E-state index contributed by atoms with van der Waals surface area (Å²) in [5.41, 5.74) is 7.68. The quantitative estimate of drug-likeness (QED) is 0.186. The highest BCUT2D eigenvalue weighted by Crippen LogP contribution is 2.46. The zero-order chi connectivity index (χ0) is 33.5. The number of furan rings is 1. The molecule has 0 amide bonds. The lowest BCUT2D eigenvalue weighted by molar-refractivity contribution is 0.673. The maximum Gasteiger partial charge on any atom is 0.144 e. The minimum Gasteiger partial charge on any atom is -0.455 e. The minimum absolute atomic E-state index is 0.926. The van der Waals surface area contributed by atoms with E-state index in [1.54, 1.807) is 0 Å². The lowest BCUT2D eigenvalue weighted by Crippen LogP contribution is -2.10. The van der Waals surface area contributed by atoms with Crippen molar-refractivity contribution in [3.8, 4) is 11.1 Å². The Morgan fingerprint density at radius 2 is 1.06 bits per heavy atom. The molecule has 0 unspecified atom stereocenters. The molecule has 0 N–H and O–H groups in total. The molecule has 2 aromatic heterocycles. The van der Waals surface area contributed by atoms with Gasteiger partial charge in [-0.3, -0.25) is 0 Å². The Balaban J connectivity index is 1.13. The standard InChI is InChI=1S/C48H29NOS/c1-2-12-34-28-44-41(27-33(34)11-1)40-24-26-46-47(48(40)50-44)42-29-36(23-25-45(42)51-46)49(43-18-8-14-31-10-4-6-16-39(31)43)35-21-19-32(20-22-35)38-17-7-13-30-9-3-5-15-37(30)38/h1-29H. The van der Waals surface area contributed by atoms with Crippen molar-refractivity contribution >= 4 is 103 Å². The van der Waals surface area contributed by atoms with Crippen LogP contribution >= 0.6 is 11.3 Å². The predicted octanol–water partition coefficient (Wildman–Crippen LogP) is 14.6. The summed E-state index contributed by atoms with van der Waals surface area (Å²) in [4.78, 5) is 2.41. The average molecular weight is 668 g/mol. The molecule has 9 aromatic carbocycles. The number of anilines is 3. The van der Waals surface area contributed by atoms with Crippen LogP contribution in [0.2, 0.25) is 0 Å². The number of benzene rings is 9. The summed E-state index contributed by atoms with van der Waals surface area (Å²) in [7, 11) is 0. The zero-order valence-corrected chi connectivity index (χ0v) is 28.3. The highest BCUT2D eigenvalue weighted by Gasteiger charge is 2.20.